The van der Waals surface area contributed by atoms with Gasteiger partial charge in [-0.25, -0.2) is 4.98 Å². The van der Waals surface area contributed by atoms with Crippen LogP contribution in [0.5, 0.6) is 0 Å². The van der Waals surface area contributed by atoms with Gasteiger partial charge in [-0.2, -0.15) is 5.26 Å². The first-order valence-corrected chi connectivity index (χ1v) is 7.22. The molecule has 1 aromatic heterocycles. The molecule has 0 saturated heterocycles. The number of nitrogens with zero attached hydrogens (tertiary/aromatic N) is 3. The van der Waals surface area contributed by atoms with Gasteiger partial charge < -0.3 is 5.11 Å². The van der Waals surface area contributed by atoms with Crippen LogP contribution in [0, 0.1) is 21.4 Å². The second kappa shape index (κ2) is 6.34. The Morgan fingerprint density at radius 3 is 2.95 bits per heavy atom. The molecule has 0 aliphatic carbocycles. The summed E-state index contributed by atoms with van der Waals surface area (Å²) in [6, 6.07) is 6.24. The van der Waals surface area contributed by atoms with Crippen LogP contribution in [-0.4, -0.2) is 21.0 Å². The van der Waals surface area contributed by atoms with E-state index in [0.717, 1.165) is 11.8 Å². The van der Waals surface area contributed by atoms with Crippen LogP contribution in [0.25, 0.3) is 0 Å². The van der Waals surface area contributed by atoms with Crippen molar-refractivity contribution < 1.29 is 14.8 Å². The number of nitro benzene ring substituents is 1. The van der Waals surface area contributed by atoms with E-state index >= 15 is 0 Å². The summed E-state index contributed by atoms with van der Waals surface area (Å²) in [5.41, 5.74) is 0.112. The number of nitro groups is 1. The van der Waals surface area contributed by atoms with Crippen molar-refractivity contribution in [2.24, 2.45) is 0 Å². The number of hydrogen-bond donors (Lipinski definition) is 1. The summed E-state index contributed by atoms with van der Waals surface area (Å²) >= 11 is 2.24. The molecule has 0 aliphatic heterocycles. The summed E-state index contributed by atoms with van der Waals surface area (Å²) in [5.74, 6) is -0.991. The summed E-state index contributed by atoms with van der Waals surface area (Å²) in [4.78, 5) is 25.5. The lowest BCUT2D eigenvalue weighted by Crippen LogP contribution is -1.99. The summed E-state index contributed by atoms with van der Waals surface area (Å²) in [6.07, 6.45) is -0.197. The van der Waals surface area contributed by atoms with Gasteiger partial charge in [-0.3, -0.25) is 14.9 Å². The quantitative estimate of drug-likeness (QED) is 0.664. The maximum Gasteiger partial charge on any atom is 0.309 e. The van der Waals surface area contributed by atoms with E-state index in [1.165, 1.54) is 23.5 Å². The van der Waals surface area contributed by atoms with E-state index in [0.29, 0.717) is 14.9 Å². The summed E-state index contributed by atoms with van der Waals surface area (Å²) in [7, 11) is 0. The first-order valence-electron chi connectivity index (χ1n) is 5.53. The molecule has 0 spiro atoms. The summed E-state index contributed by atoms with van der Waals surface area (Å²) in [5, 5.41) is 30.3. The molecule has 1 N–H and O–H groups in total. The number of para-hydroxylation sites is 1. The molecule has 106 valence electrons. The molecule has 0 fully saturated rings. The Labute approximate surface area is 127 Å². The molecular weight excluding hydrogens is 314 g/mol. The Morgan fingerprint density at radius 2 is 2.33 bits per heavy atom. The smallest absolute Gasteiger partial charge is 0.309 e. The zero-order valence-electron chi connectivity index (χ0n) is 10.3. The molecule has 9 heteroatoms. The largest absolute Gasteiger partial charge is 0.481 e. The fraction of sp³-hybridized carbons (Fsp3) is 0.0833. The Bertz CT molecular complexity index is 751. The van der Waals surface area contributed by atoms with E-state index in [2.05, 4.69) is 4.98 Å². The number of aromatic nitrogens is 1. The average molecular weight is 321 g/mol. The van der Waals surface area contributed by atoms with Gasteiger partial charge in [-0.15, -0.1) is 11.3 Å². The van der Waals surface area contributed by atoms with Gasteiger partial charge in [0.05, 0.1) is 21.9 Å². The Hall–Kier alpha value is -2.44. The maximum absolute atomic E-state index is 11.1. The lowest BCUT2D eigenvalue weighted by Gasteiger charge is -2.01. The number of hydrogen-bond acceptors (Lipinski definition) is 7. The third-order valence-corrected chi connectivity index (χ3v) is 4.40. The monoisotopic (exact) mass is 321 g/mol. The van der Waals surface area contributed by atoms with Gasteiger partial charge >= 0.3 is 11.7 Å². The predicted octanol–water partition coefficient (Wildman–Crippen LogP) is 2.70. The minimum Gasteiger partial charge on any atom is -0.481 e. The Balaban J connectivity index is 2.32. The van der Waals surface area contributed by atoms with Crippen molar-refractivity contribution in [2.75, 3.05) is 0 Å². The van der Waals surface area contributed by atoms with E-state index < -0.39 is 10.9 Å². The molecule has 1 aromatic carbocycles. The van der Waals surface area contributed by atoms with Crippen molar-refractivity contribution >= 4 is 34.8 Å². The molecule has 0 amide bonds. The number of carboxylic acid groups (broad SMARTS) is 1. The van der Waals surface area contributed by atoms with Crippen LogP contribution in [0.4, 0.5) is 5.69 Å². The molecule has 0 saturated carbocycles. The van der Waals surface area contributed by atoms with Crippen molar-refractivity contribution in [1.29, 1.82) is 5.26 Å². The van der Waals surface area contributed by atoms with Gasteiger partial charge in [0, 0.05) is 5.38 Å². The topological polar surface area (TPSA) is 117 Å². The number of carbonyl (C=O) groups is 1. The molecule has 0 radical (unpaired) electrons. The molecule has 2 rings (SSSR count). The van der Waals surface area contributed by atoms with Crippen molar-refractivity contribution in [2.45, 2.75) is 15.7 Å². The number of carboxylic acids is 1. The maximum atomic E-state index is 11.1. The van der Waals surface area contributed by atoms with Crippen LogP contribution in [0.3, 0.4) is 0 Å². The molecule has 0 aliphatic rings. The van der Waals surface area contributed by atoms with Gasteiger partial charge in [0.15, 0.2) is 4.34 Å². The number of thiazole rings is 1. The van der Waals surface area contributed by atoms with Crippen molar-refractivity contribution in [1.82, 2.24) is 4.98 Å². The molecule has 1 heterocycles. The van der Waals surface area contributed by atoms with Gasteiger partial charge in [0.2, 0.25) is 0 Å². The molecule has 0 unspecified atom stereocenters. The van der Waals surface area contributed by atoms with Crippen molar-refractivity contribution in [3.63, 3.8) is 0 Å². The fourth-order valence-corrected chi connectivity index (χ4v) is 3.48. The summed E-state index contributed by atoms with van der Waals surface area (Å²) < 4.78 is 0.490. The van der Waals surface area contributed by atoms with Crippen LogP contribution in [0.2, 0.25) is 0 Å². The van der Waals surface area contributed by atoms with Crippen molar-refractivity contribution in [3.8, 4) is 6.07 Å². The number of rotatable bonds is 5. The second-order valence-corrected chi connectivity index (χ2v) is 5.95. The van der Waals surface area contributed by atoms with Gasteiger partial charge in [0.25, 0.3) is 0 Å². The number of benzene rings is 1. The van der Waals surface area contributed by atoms with Crippen LogP contribution < -0.4 is 0 Å². The Morgan fingerprint density at radius 1 is 1.57 bits per heavy atom. The molecule has 21 heavy (non-hydrogen) atoms. The molecule has 2 aromatic rings. The van der Waals surface area contributed by atoms with Gasteiger partial charge in [-0.05, 0) is 12.1 Å². The van der Waals surface area contributed by atoms with Crippen LogP contribution in [0.15, 0.2) is 32.8 Å². The van der Waals surface area contributed by atoms with Crippen LogP contribution in [0.1, 0.15) is 11.3 Å². The van der Waals surface area contributed by atoms with E-state index in [1.54, 1.807) is 17.5 Å². The van der Waals surface area contributed by atoms with E-state index in [9.17, 15) is 14.9 Å². The first-order chi connectivity index (χ1) is 10.0. The highest BCUT2D eigenvalue weighted by Crippen LogP contribution is 2.37. The molecule has 7 nitrogen and oxygen atoms in total. The minimum absolute atomic E-state index is 0.0210. The van der Waals surface area contributed by atoms with Gasteiger partial charge in [-0.1, -0.05) is 17.8 Å². The minimum atomic E-state index is -0.991. The van der Waals surface area contributed by atoms with E-state index in [4.69, 9.17) is 10.4 Å². The zero-order valence-corrected chi connectivity index (χ0v) is 12.0. The number of nitriles is 1. The third kappa shape index (κ3) is 3.56. The fourth-order valence-electron chi connectivity index (χ4n) is 1.55. The predicted molar refractivity (Wildman–Crippen MR) is 75.4 cm³/mol. The first kappa shape index (κ1) is 15.0. The highest BCUT2D eigenvalue weighted by Gasteiger charge is 2.21. The summed E-state index contributed by atoms with van der Waals surface area (Å²) in [6.45, 7) is 0. The molecule has 0 atom stereocenters. The zero-order chi connectivity index (χ0) is 15.4. The third-order valence-electron chi connectivity index (χ3n) is 2.36. The normalized spacial score (nSPS) is 10.0. The SMILES string of the molecule is N#Cc1cccc(Sc2nc(CC(=O)O)cs2)c1[N+](=O)[O-]. The lowest BCUT2D eigenvalue weighted by atomic mass is 10.2. The van der Waals surface area contributed by atoms with E-state index in [-0.39, 0.29) is 17.7 Å². The Kier molecular flexibility index (Phi) is 4.52. The molecule has 0 bridgehead atoms. The van der Waals surface area contributed by atoms with Gasteiger partial charge in [0.1, 0.15) is 11.6 Å². The second-order valence-electron chi connectivity index (χ2n) is 3.80. The standard InChI is InChI=1S/C12H7N3O4S2/c13-5-7-2-1-3-9(11(7)15(18)19)21-12-14-8(6-20-12)4-10(16)17/h1-3,6H,4H2,(H,16,17). The highest BCUT2D eigenvalue weighted by atomic mass is 32.2. The molecular formula is C12H7N3O4S2. The van der Waals surface area contributed by atoms with E-state index in [1.807, 2.05) is 0 Å². The lowest BCUT2D eigenvalue weighted by molar-refractivity contribution is -0.388. The highest BCUT2D eigenvalue weighted by molar-refractivity contribution is 8.01. The average Bonchev–Trinajstić information content (AvgIpc) is 2.84. The number of aliphatic carboxylic acids is 1. The van der Waals surface area contributed by atoms with Crippen LogP contribution >= 0.6 is 23.1 Å². The van der Waals surface area contributed by atoms with Crippen LogP contribution in [-0.2, 0) is 11.2 Å². The van der Waals surface area contributed by atoms with Crippen molar-refractivity contribution in [3.05, 3.63) is 45.0 Å².